The number of carbonyl (C=O) groups is 2. The summed E-state index contributed by atoms with van der Waals surface area (Å²) in [5.74, 6) is -10.1. The van der Waals surface area contributed by atoms with Crippen molar-refractivity contribution in [3.63, 3.8) is 0 Å². The summed E-state index contributed by atoms with van der Waals surface area (Å²) in [6, 6.07) is 2.26. The normalized spacial score (nSPS) is 16.5. The number of halogens is 7. The van der Waals surface area contributed by atoms with Gasteiger partial charge < -0.3 is 19.7 Å². The largest absolute Gasteiger partial charge is 0.491 e. The number of nitrogens with one attached hydrogen (secondary N) is 1. The second-order valence-electron chi connectivity index (χ2n) is 10.7. The number of benzene rings is 1. The van der Waals surface area contributed by atoms with Crippen LogP contribution < -0.4 is 19.7 Å². The first-order valence-electron chi connectivity index (χ1n) is 13.0. The number of hydrogen-bond acceptors (Lipinski definition) is 10. The Kier molecular flexibility index (Phi) is 6.67. The van der Waals surface area contributed by atoms with Crippen LogP contribution in [-0.2, 0) is 9.59 Å². The Hall–Kier alpha value is -4.61. The predicted octanol–water partition coefficient (Wildman–Crippen LogP) is 3.83. The van der Waals surface area contributed by atoms with Crippen LogP contribution in [-0.4, -0.2) is 75.3 Å². The summed E-state index contributed by atoms with van der Waals surface area (Å²) in [4.78, 5) is 29.7. The van der Waals surface area contributed by atoms with E-state index in [1.54, 1.807) is 13.8 Å². The fourth-order valence-corrected chi connectivity index (χ4v) is 5.33. The molecule has 0 saturated carbocycles. The molecular formula is C26H20F7N7O4. The third kappa shape index (κ3) is 5.01. The van der Waals surface area contributed by atoms with Crippen LogP contribution in [0.2, 0.25) is 0 Å². The van der Waals surface area contributed by atoms with E-state index in [-0.39, 0.29) is 24.2 Å². The summed E-state index contributed by atoms with van der Waals surface area (Å²) in [5.41, 5.74) is -0.133. The van der Waals surface area contributed by atoms with E-state index < -0.39 is 63.9 Å². The summed E-state index contributed by atoms with van der Waals surface area (Å²) in [5, 5.41) is 14.2. The summed E-state index contributed by atoms with van der Waals surface area (Å²) < 4.78 is 107. The van der Waals surface area contributed by atoms with Crippen LogP contribution in [0.5, 0.6) is 11.5 Å². The SMILES string of the molecule is Cc1cn2nc(-c3cc4nnc(N5CCC6(CNC6)C5)c(OC(=O)C(F)(F)F)c4c(F)c3OC(=O)C(F)(F)F)cc(C)c2n1. The molecule has 2 aliphatic rings. The van der Waals surface area contributed by atoms with E-state index in [9.17, 15) is 35.9 Å². The average molecular weight is 627 g/mol. The number of carbonyl (C=O) groups excluding carboxylic acids is 2. The Morgan fingerprint density at radius 3 is 2.23 bits per heavy atom. The van der Waals surface area contributed by atoms with Crippen molar-refractivity contribution >= 4 is 34.3 Å². The Balaban J connectivity index is 1.60. The van der Waals surface area contributed by atoms with Gasteiger partial charge in [0.05, 0.1) is 28.5 Å². The van der Waals surface area contributed by atoms with Crippen LogP contribution in [0.4, 0.5) is 36.6 Å². The van der Waals surface area contributed by atoms with Gasteiger partial charge in [0, 0.05) is 31.6 Å². The van der Waals surface area contributed by atoms with Gasteiger partial charge in [0.1, 0.15) is 5.52 Å². The van der Waals surface area contributed by atoms with Gasteiger partial charge in [0.15, 0.2) is 28.8 Å². The second kappa shape index (κ2) is 9.96. The Bertz CT molecular complexity index is 1850. The molecule has 18 heteroatoms. The van der Waals surface area contributed by atoms with Gasteiger partial charge in [-0.2, -0.15) is 31.4 Å². The van der Waals surface area contributed by atoms with E-state index in [0.29, 0.717) is 36.4 Å². The molecule has 11 nitrogen and oxygen atoms in total. The lowest BCUT2D eigenvalue weighted by Gasteiger charge is -2.39. The molecule has 0 amide bonds. The zero-order chi connectivity index (χ0) is 31.8. The number of fused-ring (bicyclic) bond motifs is 2. The standard InChI is InChI=1S/C26H20F7N7O4/c1-11-5-14(38-40-7-12(2)35-20(11)40)13-6-15-16(17(27)18(13)43-22(41)25(28,29)30)19(44-23(42)26(31,32)33)21(37-36-15)39-4-3-24(10-39)8-34-9-24/h5-7,34H,3-4,8-10H2,1-2H3. The first kappa shape index (κ1) is 29.5. The maximum Gasteiger partial charge on any atom is 0.491 e. The van der Waals surface area contributed by atoms with Crippen LogP contribution in [0, 0.1) is 25.1 Å². The zero-order valence-corrected chi connectivity index (χ0v) is 22.7. The quantitative estimate of drug-likeness (QED) is 0.203. The Morgan fingerprint density at radius 1 is 0.977 bits per heavy atom. The van der Waals surface area contributed by atoms with E-state index in [0.717, 1.165) is 6.07 Å². The molecule has 1 spiro atoms. The third-order valence-corrected chi connectivity index (χ3v) is 7.48. The molecule has 4 aromatic rings. The van der Waals surface area contributed by atoms with Crippen molar-refractivity contribution < 1.29 is 49.8 Å². The monoisotopic (exact) mass is 627 g/mol. The molecule has 2 aliphatic heterocycles. The van der Waals surface area contributed by atoms with Crippen molar-refractivity contribution in [3.8, 4) is 22.8 Å². The molecule has 0 atom stereocenters. The molecule has 6 rings (SSSR count). The molecule has 0 aliphatic carbocycles. The molecule has 0 unspecified atom stereocenters. The van der Waals surface area contributed by atoms with E-state index in [4.69, 9.17) is 0 Å². The topological polar surface area (TPSA) is 124 Å². The highest BCUT2D eigenvalue weighted by Gasteiger charge is 2.47. The minimum atomic E-state index is -5.58. The van der Waals surface area contributed by atoms with Crippen molar-refractivity contribution in [1.82, 2.24) is 30.1 Å². The summed E-state index contributed by atoms with van der Waals surface area (Å²) in [6.07, 6.45) is -9.06. The van der Waals surface area contributed by atoms with Gasteiger partial charge in [-0.1, -0.05) is 0 Å². The van der Waals surface area contributed by atoms with Crippen LogP contribution in [0.15, 0.2) is 18.3 Å². The second-order valence-corrected chi connectivity index (χ2v) is 10.7. The van der Waals surface area contributed by atoms with Crippen molar-refractivity contribution in [2.24, 2.45) is 5.41 Å². The summed E-state index contributed by atoms with van der Waals surface area (Å²) in [6.45, 7) is 4.88. The zero-order valence-electron chi connectivity index (χ0n) is 22.7. The molecule has 1 N–H and O–H groups in total. The summed E-state index contributed by atoms with van der Waals surface area (Å²) in [7, 11) is 0. The van der Waals surface area contributed by atoms with Gasteiger partial charge >= 0.3 is 24.3 Å². The fraction of sp³-hybridized carbons (Fsp3) is 0.385. The number of aryl methyl sites for hydroxylation is 2. The van der Waals surface area contributed by atoms with Crippen LogP contribution in [0.1, 0.15) is 17.7 Å². The molecule has 2 fully saturated rings. The maximum atomic E-state index is 16.4. The number of hydrogen-bond donors (Lipinski definition) is 1. The van der Waals surface area contributed by atoms with Gasteiger partial charge in [0.2, 0.25) is 0 Å². The highest BCUT2D eigenvalue weighted by atomic mass is 19.4. The van der Waals surface area contributed by atoms with E-state index >= 15 is 4.39 Å². The van der Waals surface area contributed by atoms with Crippen LogP contribution in [0.25, 0.3) is 27.8 Å². The molecule has 5 heterocycles. The number of anilines is 1. The average Bonchev–Trinajstić information content (AvgIpc) is 3.53. The molecule has 44 heavy (non-hydrogen) atoms. The van der Waals surface area contributed by atoms with Crippen molar-refractivity contribution in [2.45, 2.75) is 32.6 Å². The molecule has 2 saturated heterocycles. The minimum Gasteiger partial charge on any atom is -0.416 e. The number of aromatic nitrogens is 5. The molecule has 0 bridgehead atoms. The molecule has 232 valence electrons. The van der Waals surface area contributed by atoms with E-state index in [2.05, 4.69) is 35.1 Å². The first-order chi connectivity index (χ1) is 20.6. The summed E-state index contributed by atoms with van der Waals surface area (Å²) >= 11 is 0. The van der Waals surface area contributed by atoms with Gasteiger partial charge in [0.25, 0.3) is 0 Å². The lowest BCUT2D eigenvalue weighted by atomic mass is 9.81. The van der Waals surface area contributed by atoms with Crippen molar-refractivity contribution in [2.75, 3.05) is 31.1 Å². The minimum absolute atomic E-state index is 0.197. The lowest BCUT2D eigenvalue weighted by molar-refractivity contribution is -0.189. The molecular weight excluding hydrogens is 607 g/mol. The van der Waals surface area contributed by atoms with Crippen LogP contribution >= 0.6 is 0 Å². The Labute approximate surface area is 241 Å². The highest BCUT2D eigenvalue weighted by molar-refractivity contribution is 5.98. The number of imidazole rings is 1. The van der Waals surface area contributed by atoms with Gasteiger partial charge in [-0.3, -0.25) is 0 Å². The van der Waals surface area contributed by atoms with E-state index in [1.807, 2.05) is 0 Å². The number of ether oxygens (including phenoxy) is 2. The number of esters is 2. The van der Waals surface area contributed by atoms with Gasteiger partial charge in [-0.05, 0) is 38.0 Å². The highest BCUT2D eigenvalue weighted by Crippen LogP contribution is 2.46. The number of nitrogens with zero attached hydrogens (tertiary/aromatic N) is 6. The Morgan fingerprint density at radius 2 is 1.64 bits per heavy atom. The molecule has 0 radical (unpaired) electrons. The van der Waals surface area contributed by atoms with E-state index in [1.165, 1.54) is 21.7 Å². The smallest absolute Gasteiger partial charge is 0.416 e. The molecule has 1 aromatic carbocycles. The van der Waals surface area contributed by atoms with Crippen LogP contribution in [0.3, 0.4) is 0 Å². The van der Waals surface area contributed by atoms with Crippen molar-refractivity contribution in [1.29, 1.82) is 0 Å². The third-order valence-electron chi connectivity index (χ3n) is 7.48. The lowest BCUT2D eigenvalue weighted by Crippen LogP contribution is -2.54. The molecule has 3 aromatic heterocycles. The number of alkyl halides is 6. The van der Waals surface area contributed by atoms with Gasteiger partial charge in [-0.25, -0.2) is 23.5 Å². The first-order valence-corrected chi connectivity index (χ1v) is 13.0. The predicted molar refractivity (Wildman–Crippen MR) is 136 cm³/mol. The number of rotatable bonds is 4. The van der Waals surface area contributed by atoms with Gasteiger partial charge in [-0.15, -0.1) is 10.2 Å². The van der Waals surface area contributed by atoms with Crippen molar-refractivity contribution in [3.05, 3.63) is 35.4 Å². The maximum absolute atomic E-state index is 16.4. The fourth-order valence-electron chi connectivity index (χ4n) is 5.33.